The summed E-state index contributed by atoms with van der Waals surface area (Å²) in [5.41, 5.74) is 0. The van der Waals surface area contributed by atoms with Gasteiger partial charge in [-0.25, -0.2) is 0 Å². The van der Waals surface area contributed by atoms with Gasteiger partial charge in [0.1, 0.15) is 18.5 Å². The van der Waals surface area contributed by atoms with Crippen LogP contribution in [0.25, 0.3) is 0 Å². The highest BCUT2D eigenvalue weighted by Gasteiger charge is 2.27. The Bertz CT molecular complexity index is 558. The minimum absolute atomic E-state index is 0. The van der Waals surface area contributed by atoms with E-state index < -0.39 is 6.10 Å². The molecule has 2 unspecified atom stereocenters. The fourth-order valence-electron chi connectivity index (χ4n) is 3.29. The lowest BCUT2D eigenvalue weighted by atomic mass is 9.96. The molecule has 1 fully saturated rings. The van der Waals surface area contributed by atoms with Crippen LogP contribution in [0.2, 0.25) is 0 Å². The summed E-state index contributed by atoms with van der Waals surface area (Å²) in [6, 6.07) is 14.3. The molecule has 0 amide bonds. The molecule has 2 aromatic rings. The van der Waals surface area contributed by atoms with Crippen molar-refractivity contribution >= 4 is 23.7 Å². The topological polar surface area (TPSA) is 41.5 Å². The Balaban J connectivity index is 0.00000208. The van der Waals surface area contributed by atoms with Gasteiger partial charge in [-0.1, -0.05) is 37.1 Å². The summed E-state index contributed by atoms with van der Waals surface area (Å²) in [7, 11) is 0. The van der Waals surface area contributed by atoms with Crippen molar-refractivity contribution in [2.24, 2.45) is 5.92 Å². The van der Waals surface area contributed by atoms with Crippen molar-refractivity contribution < 1.29 is 9.84 Å². The first-order valence-electron chi connectivity index (χ1n) is 8.45. The van der Waals surface area contributed by atoms with Gasteiger partial charge in [-0.15, -0.1) is 23.7 Å². The molecular formula is C19H26ClNO2S. The number of rotatable bonds is 8. The number of hydrogen-bond donors (Lipinski definition) is 2. The van der Waals surface area contributed by atoms with E-state index in [1.807, 2.05) is 30.3 Å². The smallest absolute Gasteiger partial charge is 0.119 e. The van der Waals surface area contributed by atoms with Crippen LogP contribution in [-0.4, -0.2) is 24.4 Å². The van der Waals surface area contributed by atoms with Crippen LogP contribution < -0.4 is 10.1 Å². The summed E-state index contributed by atoms with van der Waals surface area (Å²) in [4.78, 5) is 1.38. The first-order valence-corrected chi connectivity index (χ1v) is 9.33. The van der Waals surface area contributed by atoms with E-state index in [1.54, 1.807) is 11.3 Å². The molecule has 0 radical (unpaired) electrons. The predicted octanol–water partition coefficient (Wildman–Crippen LogP) is 4.43. The highest BCUT2D eigenvalue weighted by Crippen LogP contribution is 2.37. The van der Waals surface area contributed by atoms with Crippen LogP contribution in [0.3, 0.4) is 0 Å². The molecule has 1 aromatic carbocycles. The van der Waals surface area contributed by atoms with Crippen molar-refractivity contribution in [1.29, 1.82) is 0 Å². The maximum absolute atomic E-state index is 10.2. The molecular weight excluding hydrogens is 342 g/mol. The van der Waals surface area contributed by atoms with Crippen LogP contribution in [0.5, 0.6) is 5.75 Å². The molecule has 1 aliphatic rings. The molecule has 0 spiro atoms. The Hall–Kier alpha value is -1.07. The first kappa shape index (κ1) is 19.3. The second-order valence-corrected chi connectivity index (χ2v) is 7.20. The highest BCUT2D eigenvalue weighted by atomic mass is 35.5. The van der Waals surface area contributed by atoms with Gasteiger partial charge in [0, 0.05) is 17.5 Å². The summed E-state index contributed by atoms with van der Waals surface area (Å²) < 4.78 is 5.63. The Morgan fingerprint density at radius 3 is 2.54 bits per heavy atom. The number of nitrogens with one attached hydrogen (secondary N) is 1. The van der Waals surface area contributed by atoms with Crippen molar-refractivity contribution in [2.75, 3.05) is 13.2 Å². The molecule has 0 bridgehead atoms. The highest BCUT2D eigenvalue weighted by molar-refractivity contribution is 7.10. The fourth-order valence-corrected chi connectivity index (χ4v) is 4.18. The summed E-state index contributed by atoms with van der Waals surface area (Å²) in [5.74, 6) is 1.49. The Morgan fingerprint density at radius 2 is 1.88 bits per heavy atom. The van der Waals surface area contributed by atoms with Crippen LogP contribution >= 0.6 is 23.7 Å². The van der Waals surface area contributed by atoms with E-state index in [4.69, 9.17) is 4.74 Å². The zero-order valence-electron chi connectivity index (χ0n) is 13.8. The molecule has 24 heavy (non-hydrogen) atoms. The lowest BCUT2D eigenvalue weighted by Crippen LogP contribution is -2.36. The quantitative estimate of drug-likeness (QED) is 0.725. The van der Waals surface area contributed by atoms with Gasteiger partial charge in [0.15, 0.2) is 0 Å². The van der Waals surface area contributed by atoms with E-state index in [0.29, 0.717) is 25.1 Å². The van der Waals surface area contributed by atoms with E-state index in [-0.39, 0.29) is 12.4 Å². The van der Waals surface area contributed by atoms with E-state index in [0.717, 1.165) is 5.75 Å². The van der Waals surface area contributed by atoms with E-state index >= 15 is 0 Å². The predicted molar refractivity (Wildman–Crippen MR) is 102 cm³/mol. The van der Waals surface area contributed by atoms with Gasteiger partial charge < -0.3 is 15.2 Å². The maximum Gasteiger partial charge on any atom is 0.119 e. The van der Waals surface area contributed by atoms with Crippen LogP contribution in [0, 0.1) is 5.92 Å². The molecule has 3 rings (SSSR count). The number of aliphatic hydroxyl groups excluding tert-OH is 1. The lowest BCUT2D eigenvalue weighted by molar-refractivity contribution is 0.101. The SMILES string of the molecule is Cl.OC(CNC(c1cccs1)C1CCCC1)COc1ccccc1. The number of ether oxygens (including phenoxy) is 1. The monoisotopic (exact) mass is 367 g/mol. The maximum atomic E-state index is 10.2. The van der Waals surface area contributed by atoms with Gasteiger partial charge in [-0.3, -0.25) is 0 Å². The minimum atomic E-state index is -0.501. The Labute approximate surface area is 154 Å². The molecule has 1 heterocycles. The van der Waals surface area contributed by atoms with Gasteiger partial charge in [0.2, 0.25) is 0 Å². The van der Waals surface area contributed by atoms with Gasteiger partial charge in [-0.05, 0) is 42.3 Å². The summed E-state index contributed by atoms with van der Waals surface area (Å²) >= 11 is 1.80. The van der Waals surface area contributed by atoms with Crippen LogP contribution in [0.4, 0.5) is 0 Å². The normalized spacial score (nSPS) is 17.2. The van der Waals surface area contributed by atoms with Crippen LogP contribution in [-0.2, 0) is 0 Å². The first-order chi connectivity index (χ1) is 11.3. The Kier molecular flexibility index (Phi) is 8.06. The van der Waals surface area contributed by atoms with Crippen molar-refractivity contribution in [2.45, 2.75) is 37.8 Å². The average molecular weight is 368 g/mol. The molecule has 2 N–H and O–H groups in total. The molecule has 132 valence electrons. The van der Waals surface area contributed by atoms with Crippen molar-refractivity contribution in [3.63, 3.8) is 0 Å². The van der Waals surface area contributed by atoms with E-state index in [1.165, 1.54) is 30.6 Å². The molecule has 0 saturated heterocycles. The molecule has 1 aliphatic carbocycles. The Morgan fingerprint density at radius 1 is 1.12 bits per heavy atom. The standard InChI is InChI=1S/C19H25NO2S.ClH/c21-16(14-22-17-9-2-1-3-10-17)13-20-19(15-7-4-5-8-15)18-11-6-12-23-18;/h1-3,6,9-12,15-16,19-21H,4-5,7-8,13-14H2;1H. The van der Waals surface area contributed by atoms with Gasteiger partial charge in [0.05, 0.1) is 0 Å². The molecule has 0 aliphatic heterocycles. The number of hydrogen-bond acceptors (Lipinski definition) is 4. The van der Waals surface area contributed by atoms with E-state index in [2.05, 4.69) is 22.8 Å². The van der Waals surface area contributed by atoms with Crippen LogP contribution in [0.1, 0.15) is 36.6 Å². The number of aliphatic hydroxyl groups is 1. The number of para-hydroxylation sites is 1. The molecule has 1 aromatic heterocycles. The third kappa shape index (κ3) is 5.49. The van der Waals surface area contributed by atoms with E-state index in [9.17, 15) is 5.11 Å². The van der Waals surface area contributed by atoms with Gasteiger partial charge >= 0.3 is 0 Å². The molecule has 3 nitrogen and oxygen atoms in total. The number of halogens is 1. The molecule has 1 saturated carbocycles. The van der Waals surface area contributed by atoms with Crippen molar-refractivity contribution in [3.8, 4) is 5.75 Å². The second kappa shape index (κ2) is 10.0. The largest absolute Gasteiger partial charge is 0.491 e. The summed E-state index contributed by atoms with van der Waals surface area (Å²) in [6.45, 7) is 0.880. The zero-order valence-corrected chi connectivity index (χ0v) is 15.4. The van der Waals surface area contributed by atoms with Crippen molar-refractivity contribution in [3.05, 3.63) is 52.7 Å². The fraction of sp³-hybridized carbons (Fsp3) is 0.474. The third-order valence-electron chi connectivity index (χ3n) is 4.48. The van der Waals surface area contributed by atoms with Gasteiger partial charge in [0.25, 0.3) is 0 Å². The minimum Gasteiger partial charge on any atom is -0.491 e. The molecule has 2 atom stereocenters. The number of thiophene rings is 1. The number of benzene rings is 1. The van der Waals surface area contributed by atoms with Crippen LogP contribution in [0.15, 0.2) is 47.8 Å². The third-order valence-corrected chi connectivity index (χ3v) is 5.44. The lowest BCUT2D eigenvalue weighted by Gasteiger charge is -2.25. The second-order valence-electron chi connectivity index (χ2n) is 6.22. The zero-order chi connectivity index (χ0) is 15.9. The summed E-state index contributed by atoms with van der Waals surface area (Å²) in [6.07, 6.45) is 4.72. The summed E-state index contributed by atoms with van der Waals surface area (Å²) in [5, 5.41) is 15.9. The average Bonchev–Trinajstić information content (AvgIpc) is 3.28. The van der Waals surface area contributed by atoms with Gasteiger partial charge in [-0.2, -0.15) is 0 Å². The molecule has 5 heteroatoms. The van der Waals surface area contributed by atoms with Crippen molar-refractivity contribution in [1.82, 2.24) is 5.32 Å².